The molecule has 0 heterocycles. The van der Waals surface area contributed by atoms with Crippen molar-refractivity contribution in [2.45, 2.75) is 20.0 Å². The number of aryl methyl sites for hydroxylation is 1. The number of ether oxygens (including phenoxy) is 1. The number of rotatable bonds is 3. The van der Waals surface area contributed by atoms with Crippen molar-refractivity contribution < 1.29 is 4.74 Å². The third-order valence-electron chi connectivity index (χ3n) is 2.68. The molecule has 1 nitrogen and oxygen atoms in total. The van der Waals surface area contributed by atoms with Crippen LogP contribution in [-0.4, -0.2) is 0 Å². The molecular weight excluding hydrogens is 196 g/mol. The largest absolute Gasteiger partial charge is 0.486 e. The van der Waals surface area contributed by atoms with E-state index in [1.807, 2.05) is 42.5 Å². The monoisotopic (exact) mass is 212 g/mol. The molecule has 0 saturated heterocycles. The Morgan fingerprint density at radius 2 is 1.50 bits per heavy atom. The van der Waals surface area contributed by atoms with Gasteiger partial charge in [-0.3, -0.25) is 0 Å². The molecule has 1 atom stereocenters. The summed E-state index contributed by atoms with van der Waals surface area (Å²) in [6.45, 7) is 4.19. The predicted molar refractivity (Wildman–Crippen MR) is 66.7 cm³/mol. The smallest absolute Gasteiger partial charge is 0.121 e. The molecule has 0 N–H and O–H groups in total. The van der Waals surface area contributed by atoms with Gasteiger partial charge in [-0.15, -0.1) is 0 Å². The van der Waals surface area contributed by atoms with Gasteiger partial charge in [0.05, 0.1) is 0 Å². The van der Waals surface area contributed by atoms with Crippen LogP contribution in [0.15, 0.2) is 54.6 Å². The van der Waals surface area contributed by atoms with Crippen molar-refractivity contribution in [3.63, 3.8) is 0 Å². The molecule has 0 amide bonds. The van der Waals surface area contributed by atoms with Crippen molar-refractivity contribution in [1.82, 2.24) is 0 Å². The van der Waals surface area contributed by atoms with Crippen LogP contribution in [0.25, 0.3) is 0 Å². The molecule has 0 bridgehead atoms. The molecule has 0 aliphatic carbocycles. The number of hydrogen-bond donors (Lipinski definition) is 0. The molecule has 16 heavy (non-hydrogen) atoms. The van der Waals surface area contributed by atoms with Gasteiger partial charge in [0.1, 0.15) is 11.9 Å². The van der Waals surface area contributed by atoms with Crippen LogP contribution in [0.2, 0.25) is 0 Å². The Balaban J connectivity index is 2.15. The predicted octanol–water partition coefficient (Wildman–Crippen LogP) is 4.14. The van der Waals surface area contributed by atoms with Gasteiger partial charge < -0.3 is 4.74 Å². The third kappa shape index (κ3) is 2.43. The quantitative estimate of drug-likeness (QED) is 0.743. The van der Waals surface area contributed by atoms with E-state index in [9.17, 15) is 0 Å². The lowest BCUT2D eigenvalue weighted by Crippen LogP contribution is -2.04. The lowest BCUT2D eigenvalue weighted by atomic mass is 10.0. The lowest BCUT2D eigenvalue weighted by molar-refractivity contribution is 0.226. The van der Waals surface area contributed by atoms with Crippen molar-refractivity contribution in [3.8, 4) is 5.75 Å². The van der Waals surface area contributed by atoms with Crippen molar-refractivity contribution in [1.29, 1.82) is 0 Å². The molecule has 1 heteroatoms. The molecule has 2 aromatic carbocycles. The SMILES string of the molecule is Cc1ccccc1C(C)Oc1ccccc1. The van der Waals surface area contributed by atoms with Crippen LogP contribution in [0.3, 0.4) is 0 Å². The van der Waals surface area contributed by atoms with Gasteiger partial charge in [0, 0.05) is 0 Å². The van der Waals surface area contributed by atoms with Crippen LogP contribution < -0.4 is 4.74 Å². The minimum absolute atomic E-state index is 0.0867. The van der Waals surface area contributed by atoms with E-state index in [4.69, 9.17) is 4.74 Å². The zero-order valence-electron chi connectivity index (χ0n) is 9.68. The van der Waals surface area contributed by atoms with E-state index in [0.717, 1.165) is 5.75 Å². The second-order valence-corrected chi connectivity index (χ2v) is 3.93. The zero-order valence-corrected chi connectivity index (χ0v) is 9.68. The molecular formula is C15H16O. The van der Waals surface area contributed by atoms with E-state index in [-0.39, 0.29) is 6.10 Å². The van der Waals surface area contributed by atoms with Gasteiger partial charge in [0.2, 0.25) is 0 Å². The minimum Gasteiger partial charge on any atom is -0.486 e. The summed E-state index contributed by atoms with van der Waals surface area (Å²) in [5.74, 6) is 0.915. The van der Waals surface area contributed by atoms with Gasteiger partial charge in [-0.1, -0.05) is 42.5 Å². The molecule has 0 aromatic heterocycles. The van der Waals surface area contributed by atoms with Crippen LogP contribution in [0, 0.1) is 6.92 Å². The summed E-state index contributed by atoms with van der Waals surface area (Å²) in [5, 5.41) is 0. The highest BCUT2D eigenvalue weighted by Gasteiger charge is 2.08. The summed E-state index contributed by atoms with van der Waals surface area (Å²) in [5.41, 5.74) is 2.51. The fraction of sp³-hybridized carbons (Fsp3) is 0.200. The highest BCUT2D eigenvalue weighted by atomic mass is 16.5. The molecule has 0 spiro atoms. The molecule has 2 rings (SSSR count). The van der Waals surface area contributed by atoms with Crippen LogP contribution >= 0.6 is 0 Å². The lowest BCUT2D eigenvalue weighted by Gasteiger charge is -2.16. The molecule has 0 fully saturated rings. The highest BCUT2D eigenvalue weighted by Crippen LogP contribution is 2.23. The second kappa shape index (κ2) is 4.84. The average molecular weight is 212 g/mol. The number of benzene rings is 2. The van der Waals surface area contributed by atoms with E-state index in [1.165, 1.54) is 11.1 Å². The molecule has 1 unspecified atom stereocenters. The molecule has 2 aromatic rings. The first-order valence-electron chi connectivity index (χ1n) is 5.54. The summed E-state index contributed by atoms with van der Waals surface area (Å²) in [6.07, 6.45) is 0.0867. The Morgan fingerprint density at radius 3 is 2.19 bits per heavy atom. The van der Waals surface area contributed by atoms with Crippen LogP contribution in [-0.2, 0) is 0 Å². The minimum atomic E-state index is 0.0867. The standard InChI is InChI=1S/C15H16O/c1-12-8-6-7-11-15(12)13(2)16-14-9-4-3-5-10-14/h3-11,13H,1-2H3. The summed E-state index contributed by atoms with van der Waals surface area (Å²) >= 11 is 0. The number of hydrogen-bond acceptors (Lipinski definition) is 1. The second-order valence-electron chi connectivity index (χ2n) is 3.93. The Bertz CT molecular complexity index is 448. The van der Waals surface area contributed by atoms with Crippen molar-refractivity contribution in [3.05, 3.63) is 65.7 Å². The maximum absolute atomic E-state index is 5.88. The van der Waals surface area contributed by atoms with Crippen molar-refractivity contribution in [2.75, 3.05) is 0 Å². The Labute approximate surface area is 96.7 Å². The highest BCUT2D eigenvalue weighted by molar-refractivity contribution is 5.29. The van der Waals surface area contributed by atoms with Gasteiger partial charge in [0.15, 0.2) is 0 Å². The van der Waals surface area contributed by atoms with E-state index >= 15 is 0 Å². The molecule has 0 radical (unpaired) electrons. The van der Waals surface area contributed by atoms with Crippen LogP contribution in [0.1, 0.15) is 24.2 Å². The fourth-order valence-corrected chi connectivity index (χ4v) is 1.81. The Morgan fingerprint density at radius 1 is 0.875 bits per heavy atom. The first-order valence-corrected chi connectivity index (χ1v) is 5.54. The molecule has 0 aliphatic rings. The van der Waals surface area contributed by atoms with E-state index in [1.54, 1.807) is 0 Å². The fourth-order valence-electron chi connectivity index (χ4n) is 1.81. The Kier molecular flexibility index (Phi) is 3.25. The van der Waals surface area contributed by atoms with Gasteiger partial charge in [0.25, 0.3) is 0 Å². The van der Waals surface area contributed by atoms with Gasteiger partial charge in [-0.25, -0.2) is 0 Å². The molecule has 82 valence electrons. The summed E-state index contributed by atoms with van der Waals surface area (Å²) < 4.78 is 5.88. The first-order chi connectivity index (χ1) is 7.77. The molecule has 0 saturated carbocycles. The normalized spacial score (nSPS) is 12.1. The van der Waals surface area contributed by atoms with Gasteiger partial charge in [-0.2, -0.15) is 0 Å². The van der Waals surface area contributed by atoms with Crippen molar-refractivity contribution >= 4 is 0 Å². The van der Waals surface area contributed by atoms with E-state index in [2.05, 4.69) is 26.0 Å². The van der Waals surface area contributed by atoms with Gasteiger partial charge in [-0.05, 0) is 37.1 Å². The summed E-state index contributed by atoms with van der Waals surface area (Å²) in [4.78, 5) is 0. The van der Waals surface area contributed by atoms with Crippen LogP contribution in [0.5, 0.6) is 5.75 Å². The first kappa shape index (κ1) is 10.7. The zero-order chi connectivity index (χ0) is 11.4. The van der Waals surface area contributed by atoms with E-state index in [0.29, 0.717) is 0 Å². The van der Waals surface area contributed by atoms with E-state index < -0.39 is 0 Å². The van der Waals surface area contributed by atoms with Crippen molar-refractivity contribution in [2.24, 2.45) is 0 Å². The third-order valence-corrected chi connectivity index (χ3v) is 2.68. The molecule has 0 aliphatic heterocycles. The Hall–Kier alpha value is -1.76. The summed E-state index contributed by atoms with van der Waals surface area (Å²) in [7, 11) is 0. The maximum Gasteiger partial charge on any atom is 0.121 e. The average Bonchev–Trinajstić information content (AvgIpc) is 2.31. The number of para-hydroxylation sites is 1. The topological polar surface area (TPSA) is 9.23 Å². The van der Waals surface area contributed by atoms with Gasteiger partial charge >= 0.3 is 0 Å². The summed E-state index contributed by atoms with van der Waals surface area (Å²) in [6, 6.07) is 18.2. The maximum atomic E-state index is 5.88. The van der Waals surface area contributed by atoms with Crippen LogP contribution in [0.4, 0.5) is 0 Å².